The molecule has 3 nitrogen and oxygen atoms in total. The quantitative estimate of drug-likeness (QED) is 0.861. The summed E-state index contributed by atoms with van der Waals surface area (Å²) in [5.41, 5.74) is 0.101. The summed E-state index contributed by atoms with van der Waals surface area (Å²) < 4.78 is 0.742. The fourth-order valence-electron chi connectivity index (χ4n) is 1.02. The predicted molar refractivity (Wildman–Crippen MR) is 69.0 cm³/mol. The molecule has 0 aromatic carbocycles. The van der Waals surface area contributed by atoms with Crippen LogP contribution in [0.3, 0.4) is 0 Å². The minimum absolute atomic E-state index is 0.101. The Kier molecular flexibility index (Phi) is 4.62. The Bertz CT molecular complexity index is 357. The second-order valence-electron chi connectivity index (χ2n) is 4.80. The maximum absolute atomic E-state index is 11.4. The summed E-state index contributed by atoms with van der Waals surface area (Å²) in [5, 5.41) is 5.61. The molecule has 0 saturated heterocycles. The van der Waals surface area contributed by atoms with Crippen molar-refractivity contribution in [2.75, 3.05) is 6.54 Å². The molecule has 0 spiro atoms. The van der Waals surface area contributed by atoms with Gasteiger partial charge in [-0.25, -0.2) is 4.79 Å². The largest absolute Gasteiger partial charge is 0.338 e. The van der Waals surface area contributed by atoms with E-state index in [-0.39, 0.29) is 11.4 Å². The van der Waals surface area contributed by atoms with Crippen LogP contribution in [-0.2, 0) is 6.54 Å². The van der Waals surface area contributed by atoms with Crippen molar-refractivity contribution in [3.8, 4) is 0 Å². The van der Waals surface area contributed by atoms with E-state index in [0.717, 1.165) is 9.21 Å². The van der Waals surface area contributed by atoms with Crippen LogP contribution < -0.4 is 10.6 Å². The van der Waals surface area contributed by atoms with Gasteiger partial charge in [0, 0.05) is 11.4 Å². The van der Waals surface area contributed by atoms with Crippen molar-refractivity contribution in [3.05, 3.63) is 21.3 Å². The van der Waals surface area contributed by atoms with Crippen molar-refractivity contribution in [2.24, 2.45) is 5.41 Å². The lowest BCUT2D eigenvalue weighted by Crippen LogP contribution is -2.39. The second kappa shape index (κ2) is 5.55. The van der Waals surface area contributed by atoms with Crippen molar-refractivity contribution in [1.82, 2.24) is 10.6 Å². The first-order valence-electron chi connectivity index (χ1n) is 5.13. The van der Waals surface area contributed by atoms with Crippen molar-refractivity contribution < 1.29 is 4.79 Å². The Morgan fingerprint density at radius 1 is 1.38 bits per heavy atom. The van der Waals surface area contributed by atoms with Crippen LogP contribution in [0.2, 0.25) is 4.34 Å². The third-order valence-corrected chi connectivity index (χ3v) is 3.06. The predicted octanol–water partition coefficient (Wildman–Crippen LogP) is 3.25. The summed E-state index contributed by atoms with van der Waals surface area (Å²) >= 11 is 7.26. The fourth-order valence-corrected chi connectivity index (χ4v) is 2.05. The van der Waals surface area contributed by atoms with E-state index in [1.165, 1.54) is 11.3 Å². The van der Waals surface area contributed by atoms with Gasteiger partial charge in [-0.15, -0.1) is 11.3 Å². The number of urea groups is 1. The molecular formula is C11H17ClN2OS. The molecule has 1 aromatic rings. The van der Waals surface area contributed by atoms with Crippen LogP contribution >= 0.6 is 22.9 Å². The van der Waals surface area contributed by atoms with E-state index >= 15 is 0 Å². The molecule has 90 valence electrons. The van der Waals surface area contributed by atoms with E-state index in [9.17, 15) is 4.79 Å². The molecule has 0 aliphatic carbocycles. The fraction of sp³-hybridized carbons (Fsp3) is 0.545. The zero-order valence-electron chi connectivity index (χ0n) is 9.76. The number of amides is 2. The molecule has 0 saturated carbocycles. The van der Waals surface area contributed by atoms with Gasteiger partial charge in [0.1, 0.15) is 0 Å². The minimum atomic E-state index is -0.139. The van der Waals surface area contributed by atoms with Gasteiger partial charge in [-0.05, 0) is 17.5 Å². The van der Waals surface area contributed by atoms with E-state index < -0.39 is 0 Å². The monoisotopic (exact) mass is 260 g/mol. The highest BCUT2D eigenvalue weighted by molar-refractivity contribution is 7.16. The molecule has 1 rings (SSSR count). The standard InChI is InChI=1S/C11H17ClN2OS/c1-11(2,3)7-14-10(15)13-6-8-4-5-9(12)16-8/h4-5H,6-7H2,1-3H3,(H2,13,14,15). The van der Waals surface area contributed by atoms with E-state index in [1.807, 2.05) is 12.1 Å². The van der Waals surface area contributed by atoms with Gasteiger partial charge in [0.2, 0.25) is 0 Å². The summed E-state index contributed by atoms with van der Waals surface area (Å²) in [6.45, 7) is 7.41. The molecule has 0 bridgehead atoms. The molecule has 0 fully saturated rings. The zero-order chi connectivity index (χ0) is 12.2. The van der Waals surface area contributed by atoms with Gasteiger partial charge in [0.15, 0.2) is 0 Å². The molecular weight excluding hydrogens is 244 g/mol. The molecule has 0 aliphatic rings. The Morgan fingerprint density at radius 2 is 2.06 bits per heavy atom. The summed E-state index contributed by atoms with van der Waals surface area (Å²) in [4.78, 5) is 12.5. The van der Waals surface area contributed by atoms with Crippen LogP contribution in [0.25, 0.3) is 0 Å². The lowest BCUT2D eigenvalue weighted by Gasteiger charge is -2.18. The van der Waals surface area contributed by atoms with E-state index in [2.05, 4.69) is 31.4 Å². The molecule has 2 N–H and O–H groups in total. The van der Waals surface area contributed by atoms with Gasteiger partial charge in [-0.2, -0.15) is 0 Å². The molecule has 1 heterocycles. The molecule has 0 aliphatic heterocycles. The van der Waals surface area contributed by atoms with Crippen LogP contribution in [0.5, 0.6) is 0 Å². The third kappa shape index (κ3) is 5.37. The number of hydrogen-bond donors (Lipinski definition) is 2. The highest BCUT2D eigenvalue weighted by Crippen LogP contribution is 2.20. The summed E-state index contributed by atoms with van der Waals surface area (Å²) in [6, 6.07) is 3.60. The van der Waals surface area contributed by atoms with Gasteiger partial charge < -0.3 is 10.6 Å². The number of halogens is 1. The molecule has 0 unspecified atom stereocenters. The van der Waals surface area contributed by atoms with Crippen LogP contribution in [-0.4, -0.2) is 12.6 Å². The van der Waals surface area contributed by atoms with Crippen molar-refractivity contribution in [3.63, 3.8) is 0 Å². The van der Waals surface area contributed by atoms with E-state index in [4.69, 9.17) is 11.6 Å². The van der Waals surface area contributed by atoms with Crippen LogP contribution in [0.15, 0.2) is 12.1 Å². The first-order valence-corrected chi connectivity index (χ1v) is 6.32. The van der Waals surface area contributed by atoms with Crippen molar-refractivity contribution >= 4 is 29.0 Å². The highest BCUT2D eigenvalue weighted by Gasteiger charge is 2.11. The number of hydrogen-bond acceptors (Lipinski definition) is 2. The first kappa shape index (κ1) is 13.3. The Labute approximate surface area is 105 Å². The number of rotatable bonds is 3. The lowest BCUT2D eigenvalue weighted by molar-refractivity contribution is 0.235. The summed E-state index contributed by atoms with van der Waals surface area (Å²) in [6.07, 6.45) is 0. The second-order valence-corrected chi connectivity index (χ2v) is 6.60. The Hall–Kier alpha value is -0.740. The highest BCUT2D eigenvalue weighted by atomic mass is 35.5. The maximum atomic E-state index is 11.4. The molecule has 0 atom stereocenters. The molecule has 5 heteroatoms. The first-order chi connectivity index (χ1) is 7.37. The Morgan fingerprint density at radius 3 is 2.56 bits per heavy atom. The van der Waals surface area contributed by atoms with Crippen LogP contribution in [0.4, 0.5) is 4.79 Å². The van der Waals surface area contributed by atoms with Crippen molar-refractivity contribution in [2.45, 2.75) is 27.3 Å². The van der Waals surface area contributed by atoms with Crippen LogP contribution in [0.1, 0.15) is 25.6 Å². The molecule has 2 amide bonds. The third-order valence-electron chi connectivity index (χ3n) is 1.83. The van der Waals surface area contributed by atoms with Crippen LogP contribution in [0, 0.1) is 5.41 Å². The normalized spacial score (nSPS) is 11.2. The smallest absolute Gasteiger partial charge is 0.315 e. The number of carbonyl (C=O) groups excluding carboxylic acids is 1. The maximum Gasteiger partial charge on any atom is 0.315 e. The average Bonchev–Trinajstić information content (AvgIpc) is 2.57. The lowest BCUT2D eigenvalue weighted by atomic mass is 9.97. The average molecular weight is 261 g/mol. The van der Waals surface area contributed by atoms with Gasteiger partial charge in [0.25, 0.3) is 0 Å². The SMILES string of the molecule is CC(C)(C)CNC(=O)NCc1ccc(Cl)s1. The minimum Gasteiger partial charge on any atom is -0.338 e. The zero-order valence-corrected chi connectivity index (χ0v) is 11.3. The molecule has 1 aromatic heterocycles. The summed E-state index contributed by atoms with van der Waals surface area (Å²) in [5.74, 6) is 0. The van der Waals surface area contributed by atoms with Gasteiger partial charge in [-0.1, -0.05) is 32.4 Å². The number of nitrogens with one attached hydrogen (secondary N) is 2. The van der Waals surface area contributed by atoms with Gasteiger partial charge in [-0.3, -0.25) is 0 Å². The summed E-state index contributed by atoms with van der Waals surface area (Å²) in [7, 11) is 0. The van der Waals surface area contributed by atoms with E-state index in [0.29, 0.717) is 13.1 Å². The molecule has 0 radical (unpaired) electrons. The molecule has 16 heavy (non-hydrogen) atoms. The topological polar surface area (TPSA) is 41.1 Å². The number of thiophene rings is 1. The van der Waals surface area contributed by atoms with Gasteiger partial charge in [0.05, 0.1) is 10.9 Å². The number of carbonyl (C=O) groups is 1. The van der Waals surface area contributed by atoms with E-state index in [1.54, 1.807) is 0 Å². The van der Waals surface area contributed by atoms with Gasteiger partial charge >= 0.3 is 6.03 Å². The van der Waals surface area contributed by atoms with Crippen molar-refractivity contribution in [1.29, 1.82) is 0 Å². The Balaban J connectivity index is 2.25.